The minimum atomic E-state index is -3.91. The molecule has 0 spiro atoms. The number of rotatable bonds is 3. The lowest BCUT2D eigenvalue weighted by atomic mass is 9.82. The third-order valence-corrected chi connectivity index (χ3v) is 9.05. The third-order valence-electron chi connectivity index (χ3n) is 6.08. The first-order valence-corrected chi connectivity index (χ1v) is 11.4. The molecule has 0 radical (unpaired) electrons. The molecule has 7 nitrogen and oxygen atoms in total. The molecule has 32 heavy (non-hydrogen) atoms. The molecule has 2 aliphatic rings. The van der Waals surface area contributed by atoms with Crippen molar-refractivity contribution in [3.8, 4) is 11.6 Å². The molecule has 1 fully saturated rings. The van der Waals surface area contributed by atoms with E-state index in [0.29, 0.717) is 6.07 Å². The molecule has 0 saturated carbocycles. The fraction of sp³-hybridized carbons (Fsp3) is 0.429. The molecule has 3 heterocycles. The van der Waals surface area contributed by atoms with Crippen LogP contribution in [0.4, 0.5) is 13.2 Å². The van der Waals surface area contributed by atoms with Crippen molar-refractivity contribution in [1.29, 1.82) is 0 Å². The first kappa shape index (κ1) is 22.5. The standard InChI is InChI=1S/C21H22F3N3O4S/c1-11-6-17-21(10-30-11,27-19(25)20(2,3)32(17,28)29)14-8-13(4-5-15(14)23)31-18-16(24)7-12(22)9-26-18/h4-5,7-9,11,17H,6,10H2,1-3H3,(H2,25,27)/t11-,17-,21-/m1/s1. The van der Waals surface area contributed by atoms with Crippen LogP contribution in [0.25, 0.3) is 0 Å². The summed E-state index contributed by atoms with van der Waals surface area (Å²) in [6.45, 7) is 4.43. The van der Waals surface area contributed by atoms with Gasteiger partial charge in [0.1, 0.15) is 33.5 Å². The van der Waals surface area contributed by atoms with E-state index in [4.69, 9.17) is 15.2 Å². The predicted octanol–water partition coefficient (Wildman–Crippen LogP) is 3.23. The van der Waals surface area contributed by atoms with Crippen LogP contribution in [0.15, 0.2) is 35.5 Å². The summed E-state index contributed by atoms with van der Waals surface area (Å²) in [4.78, 5) is 8.03. The lowest BCUT2D eigenvalue weighted by Crippen LogP contribution is -2.64. The number of hydrogen-bond donors (Lipinski definition) is 1. The summed E-state index contributed by atoms with van der Waals surface area (Å²) in [7, 11) is -3.91. The normalized spacial score (nSPS) is 28.5. The molecule has 0 amide bonds. The van der Waals surface area contributed by atoms with E-state index >= 15 is 4.39 Å². The molecule has 172 valence electrons. The predicted molar refractivity (Wildman–Crippen MR) is 111 cm³/mol. The minimum absolute atomic E-state index is 0.0397. The number of aliphatic imine (C=N–C) groups is 1. The number of halogens is 3. The molecule has 0 aliphatic carbocycles. The Hall–Kier alpha value is -2.66. The quantitative estimate of drug-likeness (QED) is 0.740. The molecule has 0 unspecified atom stereocenters. The second kappa shape index (κ2) is 7.45. The van der Waals surface area contributed by atoms with Crippen LogP contribution in [0, 0.1) is 17.5 Å². The smallest absolute Gasteiger partial charge is 0.256 e. The Morgan fingerprint density at radius 2 is 1.91 bits per heavy atom. The van der Waals surface area contributed by atoms with Crippen molar-refractivity contribution in [3.05, 3.63) is 53.5 Å². The van der Waals surface area contributed by atoms with Gasteiger partial charge >= 0.3 is 0 Å². The number of nitrogens with two attached hydrogens (primary N) is 1. The number of benzene rings is 1. The number of amidine groups is 1. The van der Waals surface area contributed by atoms with Gasteiger partial charge in [-0.25, -0.2) is 26.6 Å². The first-order chi connectivity index (χ1) is 14.9. The van der Waals surface area contributed by atoms with Crippen molar-refractivity contribution < 1.29 is 31.1 Å². The van der Waals surface area contributed by atoms with E-state index in [0.717, 1.165) is 12.3 Å². The van der Waals surface area contributed by atoms with Crippen molar-refractivity contribution in [1.82, 2.24) is 4.98 Å². The summed E-state index contributed by atoms with van der Waals surface area (Å²) in [5.41, 5.74) is 4.30. The number of hydrogen-bond acceptors (Lipinski definition) is 7. The summed E-state index contributed by atoms with van der Waals surface area (Å²) in [5.74, 6) is -3.41. The van der Waals surface area contributed by atoms with Crippen molar-refractivity contribution >= 4 is 15.7 Å². The van der Waals surface area contributed by atoms with Crippen LogP contribution in [0.1, 0.15) is 32.8 Å². The topological polar surface area (TPSA) is 104 Å². The largest absolute Gasteiger partial charge is 0.436 e. The van der Waals surface area contributed by atoms with Crippen LogP contribution in [0.2, 0.25) is 0 Å². The van der Waals surface area contributed by atoms with Crippen LogP contribution < -0.4 is 10.5 Å². The highest BCUT2D eigenvalue weighted by Gasteiger charge is 2.61. The Morgan fingerprint density at radius 3 is 2.59 bits per heavy atom. The highest BCUT2D eigenvalue weighted by atomic mass is 32.2. The number of ether oxygens (including phenoxy) is 2. The van der Waals surface area contributed by atoms with Crippen LogP contribution in [0.3, 0.4) is 0 Å². The Kier molecular flexibility index (Phi) is 5.24. The van der Waals surface area contributed by atoms with Gasteiger partial charge in [-0.15, -0.1) is 0 Å². The SMILES string of the molecule is C[C@@H]1C[C@@H]2[C@](c3cc(Oc4ncc(F)cc4F)ccc3F)(CO1)N=C(N)C(C)(C)S2(=O)=O. The Balaban J connectivity index is 1.87. The molecule has 2 aromatic rings. The van der Waals surface area contributed by atoms with E-state index in [1.807, 2.05) is 0 Å². The van der Waals surface area contributed by atoms with Gasteiger partial charge in [-0.1, -0.05) is 0 Å². The van der Waals surface area contributed by atoms with Gasteiger partial charge in [0.25, 0.3) is 5.88 Å². The van der Waals surface area contributed by atoms with E-state index in [1.165, 1.54) is 26.0 Å². The Labute approximate surface area is 183 Å². The fourth-order valence-corrected chi connectivity index (χ4v) is 6.40. The average molecular weight is 469 g/mol. The number of nitrogens with zero attached hydrogens (tertiary/aromatic N) is 2. The Bertz CT molecular complexity index is 1220. The number of fused-ring (bicyclic) bond motifs is 1. The van der Waals surface area contributed by atoms with Crippen LogP contribution in [-0.4, -0.2) is 41.9 Å². The molecular weight excluding hydrogens is 447 g/mol. The molecule has 11 heteroatoms. The van der Waals surface area contributed by atoms with E-state index in [-0.39, 0.29) is 30.2 Å². The molecule has 3 atom stereocenters. The zero-order chi connectivity index (χ0) is 23.5. The molecule has 1 saturated heterocycles. The lowest BCUT2D eigenvalue weighted by Gasteiger charge is -2.49. The summed E-state index contributed by atoms with van der Waals surface area (Å²) >= 11 is 0. The third kappa shape index (κ3) is 3.34. The van der Waals surface area contributed by atoms with E-state index in [2.05, 4.69) is 9.98 Å². The van der Waals surface area contributed by atoms with Gasteiger partial charge in [0.05, 0.1) is 24.2 Å². The summed E-state index contributed by atoms with van der Waals surface area (Å²) in [6.07, 6.45) is 0.462. The Morgan fingerprint density at radius 1 is 1.19 bits per heavy atom. The zero-order valence-corrected chi connectivity index (χ0v) is 18.4. The maximum atomic E-state index is 15.1. The highest BCUT2D eigenvalue weighted by Crippen LogP contribution is 2.48. The maximum Gasteiger partial charge on any atom is 0.256 e. The van der Waals surface area contributed by atoms with Gasteiger partial charge in [0, 0.05) is 11.6 Å². The van der Waals surface area contributed by atoms with Gasteiger partial charge in [0.2, 0.25) is 0 Å². The molecule has 1 aromatic heterocycles. The van der Waals surface area contributed by atoms with Crippen molar-refractivity contribution in [2.75, 3.05) is 6.61 Å². The average Bonchev–Trinajstić information content (AvgIpc) is 2.71. The minimum Gasteiger partial charge on any atom is -0.436 e. The number of sulfone groups is 1. The van der Waals surface area contributed by atoms with Gasteiger partial charge in [-0.2, -0.15) is 0 Å². The van der Waals surface area contributed by atoms with E-state index in [9.17, 15) is 17.2 Å². The molecule has 4 rings (SSSR count). The maximum absolute atomic E-state index is 15.1. The molecule has 0 bridgehead atoms. The fourth-order valence-electron chi connectivity index (χ4n) is 4.07. The van der Waals surface area contributed by atoms with Gasteiger partial charge in [-0.05, 0) is 45.4 Å². The summed E-state index contributed by atoms with van der Waals surface area (Å²) in [5, 5.41) is -1.11. The van der Waals surface area contributed by atoms with E-state index < -0.39 is 54.8 Å². The van der Waals surface area contributed by atoms with Crippen molar-refractivity contribution in [2.45, 2.75) is 48.8 Å². The van der Waals surface area contributed by atoms with Crippen LogP contribution in [0.5, 0.6) is 11.6 Å². The summed E-state index contributed by atoms with van der Waals surface area (Å²) < 4.78 is 78.9. The monoisotopic (exact) mass is 469 g/mol. The van der Waals surface area contributed by atoms with Gasteiger partial charge < -0.3 is 15.2 Å². The van der Waals surface area contributed by atoms with Gasteiger partial charge in [-0.3, -0.25) is 4.99 Å². The molecule has 1 aromatic carbocycles. The molecule has 2 N–H and O–H groups in total. The van der Waals surface area contributed by atoms with Crippen molar-refractivity contribution in [2.24, 2.45) is 10.7 Å². The summed E-state index contributed by atoms with van der Waals surface area (Å²) in [6, 6.07) is 4.08. The zero-order valence-electron chi connectivity index (χ0n) is 17.6. The second-order valence-electron chi connectivity index (χ2n) is 8.51. The lowest BCUT2D eigenvalue weighted by molar-refractivity contribution is -0.0181. The van der Waals surface area contributed by atoms with E-state index in [1.54, 1.807) is 6.92 Å². The van der Waals surface area contributed by atoms with Gasteiger partial charge in [0.15, 0.2) is 15.7 Å². The second-order valence-corrected chi connectivity index (χ2v) is 11.2. The molecule has 2 aliphatic heterocycles. The highest BCUT2D eigenvalue weighted by molar-refractivity contribution is 7.94. The van der Waals surface area contributed by atoms with Crippen LogP contribution in [-0.2, 0) is 20.1 Å². The number of pyridine rings is 1. The van der Waals surface area contributed by atoms with Crippen LogP contribution >= 0.6 is 0 Å². The number of aromatic nitrogens is 1. The molecular formula is C21H22F3N3O4S. The first-order valence-electron chi connectivity index (χ1n) is 9.88. The van der Waals surface area contributed by atoms with Crippen molar-refractivity contribution in [3.63, 3.8) is 0 Å².